The molecule has 0 fully saturated rings. The standard InChI is InChI=1S/C10H17NOS/c1-3-9(4-6-11)13-10-5-7-12-8(10)2/h5,7,9H,3-4,6,11H2,1-2H3. The summed E-state index contributed by atoms with van der Waals surface area (Å²) in [6.45, 7) is 4.96. The van der Waals surface area contributed by atoms with Gasteiger partial charge >= 0.3 is 0 Å². The van der Waals surface area contributed by atoms with Crippen molar-refractivity contribution < 1.29 is 4.42 Å². The minimum atomic E-state index is 0.626. The van der Waals surface area contributed by atoms with Crippen molar-refractivity contribution in [2.24, 2.45) is 5.73 Å². The summed E-state index contributed by atoms with van der Waals surface area (Å²) in [5, 5.41) is 0.626. The van der Waals surface area contributed by atoms with Crippen LogP contribution in [0.2, 0.25) is 0 Å². The molecule has 0 aliphatic heterocycles. The molecular formula is C10H17NOS. The maximum Gasteiger partial charge on any atom is 0.114 e. The van der Waals surface area contributed by atoms with E-state index in [2.05, 4.69) is 6.92 Å². The van der Waals surface area contributed by atoms with Crippen LogP contribution in [0.3, 0.4) is 0 Å². The van der Waals surface area contributed by atoms with Crippen molar-refractivity contribution in [3.8, 4) is 0 Å². The van der Waals surface area contributed by atoms with Gasteiger partial charge in [0, 0.05) is 10.1 Å². The van der Waals surface area contributed by atoms with Gasteiger partial charge in [0.25, 0.3) is 0 Å². The lowest BCUT2D eigenvalue weighted by Gasteiger charge is -2.11. The van der Waals surface area contributed by atoms with Crippen molar-refractivity contribution in [3.63, 3.8) is 0 Å². The van der Waals surface area contributed by atoms with Gasteiger partial charge in [-0.05, 0) is 32.4 Å². The van der Waals surface area contributed by atoms with Gasteiger partial charge in [-0.15, -0.1) is 11.8 Å². The van der Waals surface area contributed by atoms with Crippen LogP contribution in [0.25, 0.3) is 0 Å². The van der Waals surface area contributed by atoms with Gasteiger partial charge in [-0.2, -0.15) is 0 Å². The van der Waals surface area contributed by atoms with Crippen molar-refractivity contribution >= 4 is 11.8 Å². The Morgan fingerprint density at radius 1 is 1.62 bits per heavy atom. The lowest BCUT2D eigenvalue weighted by molar-refractivity contribution is 0.526. The Kier molecular flexibility index (Phi) is 4.39. The van der Waals surface area contributed by atoms with E-state index >= 15 is 0 Å². The summed E-state index contributed by atoms with van der Waals surface area (Å²) in [4.78, 5) is 1.25. The number of thioether (sulfide) groups is 1. The summed E-state index contributed by atoms with van der Waals surface area (Å²) < 4.78 is 5.24. The molecule has 1 aromatic heterocycles. The quantitative estimate of drug-likeness (QED) is 0.741. The molecule has 0 aliphatic rings. The fourth-order valence-electron chi connectivity index (χ4n) is 1.21. The molecule has 1 rings (SSSR count). The average Bonchev–Trinajstić information content (AvgIpc) is 2.51. The highest BCUT2D eigenvalue weighted by atomic mass is 32.2. The molecule has 0 spiro atoms. The predicted octanol–water partition coefficient (Wildman–Crippen LogP) is 2.81. The van der Waals surface area contributed by atoms with Crippen molar-refractivity contribution in [2.45, 2.75) is 36.8 Å². The Morgan fingerprint density at radius 2 is 2.38 bits per heavy atom. The highest BCUT2D eigenvalue weighted by Gasteiger charge is 2.10. The molecule has 0 saturated heterocycles. The van der Waals surface area contributed by atoms with E-state index in [1.165, 1.54) is 4.90 Å². The third-order valence-electron chi connectivity index (χ3n) is 2.05. The molecule has 0 amide bonds. The van der Waals surface area contributed by atoms with E-state index in [-0.39, 0.29) is 0 Å². The molecule has 3 heteroatoms. The molecule has 13 heavy (non-hydrogen) atoms. The Balaban J connectivity index is 2.51. The summed E-state index contributed by atoms with van der Waals surface area (Å²) in [5.41, 5.74) is 5.54. The Hall–Kier alpha value is -0.410. The average molecular weight is 199 g/mol. The molecule has 0 aliphatic carbocycles. The predicted molar refractivity (Wildman–Crippen MR) is 57.1 cm³/mol. The molecule has 74 valence electrons. The summed E-state index contributed by atoms with van der Waals surface area (Å²) in [6, 6.07) is 2.03. The van der Waals surface area contributed by atoms with Crippen LogP contribution in [0, 0.1) is 6.92 Å². The third kappa shape index (κ3) is 3.08. The molecule has 1 unspecified atom stereocenters. The van der Waals surface area contributed by atoms with Crippen LogP contribution in [0.1, 0.15) is 25.5 Å². The second kappa shape index (κ2) is 5.35. The van der Waals surface area contributed by atoms with Gasteiger partial charge in [-0.3, -0.25) is 0 Å². The summed E-state index contributed by atoms with van der Waals surface area (Å²) >= 11 is 1.87. The Labute approximate surface area is 83.9 Å². The van der Waals surface area contributed by atoms with Crippen LogP contribution < -0.4 is 5.73 Å². The number of rotatable bonds is 5. The van der Waals surface area contributed by atoms with Gasteiger partial charge in [0.05, 0.1) is 6.26 Å². The zero-order valence-electron chi connectivity index (χ0n) is 8.25. The van der Waals surface area contributed by atoms with E-state index in [4.69, 9.17) is 10.2 Å². The van der Waals surface area contributed by atoms with Crippen LogP contribution in [-0.2, 0) is 0 Å². The van der Waals surface area contributed by atoms with Crippen LogP contribution in [0.4, 0.5) is 0 Å². The highest BCUT2D eigenvalue weighted by Crippen LogP contribution is 2.30. The summed E-state index contributed by atoms with van der Waals surface area (Å²) in [7, 11) is 0. The Bertz CT molecular complexity index is 247. The fourth-order valence-corrected chi connectivity index (χ4v) is 2.34. The van der Waals surface area contributed by atoms with Crippen molar-refractivity contribution in [1.29, 1.82) is 0 Å². The topological polar surface area (TPSA) is 39.2 Å². The van der Waals surface area contributed by atoms with Crippen LogP contribution >= 0.6 is 11.8 Å². The minimum absolute atomic E-state index is 0.626. The van der Waals surface area contributed by atoms with Gasteiger partial charge in [-0.1, -0.05) is 6.92 Å². The minimum Gasteiger partial charge on any atom is -0.468 e. The maximum absolute atomic E-state index is 5.54. The van der Waals surface area contributed by atoms with E-state index in [1.807, 2.05) is 24.8 Å². The SMILES string of the molecule is CCC(CCN)Sc1ccoc1C. The zero-order valence-corrected chi connectivity index (χ0v) is 9.06. The highest BCUT2D eigenvalue weighted by molar-refractivity contribution is 8.00. The first-order valence-corrected chi connectivity index (χ1v) is 5.56. The first-order valence-electron chi connectivity index (χ1n) is 4.68. The van der Waals surface area contributed by atoms with Gasteiger partial charge in [0.1, 0.15) is 5.76 Å². The first kappa shape index (κ1) is 10.7. The van der Waals surface area contributed by atoms with Crippen LogP contribution in [-0.4, -0.2) is 11.8 Å². The largest absolute Gasteiger partial charge is 0.468 e. The second-order valence-corrected chi connectivity index (χ2v) is 4.41. The van der Waals surface area contributed by atoms with Gasteiger partial charge in [0.15, 0.2) is 0 Å². The molecule has 0 aromatic carbocycles. The van der Waals surface area contributed by atoms with Crippen molar-refractivity contribution in [3.05, 3.63) is 18.1 Å². The van der Waals surface area contributed by atoms with Crippen LogP contribution in [0.5, 0.6) is 0 Å². The molecule has 1 atom stereocenters. The third-order valence-corrected chi connectivity index (χ3v) is 3.63. The Morgan fingerprint density at radius 3 is 2.85 bits per heavy atom. The monoisotopic (exact) mass is 199 g/mol. The van der Waals surface area contributed by atoms with E-state index in [0.29, 0.717) is 5.25 Å². The number of aryl methyl sites for hydroxylation is 1. The van der Waals surface area contributed by atoms with Crippen LogP contribution in [0.15, 0.2) is 21.6 Å². The molecule has 0 radical (unpaired) electrons. The van der Waals surface area contributed by atoms with E-state index in [9.17, 15) is 0 Å². The number of hydrogen-bond acceptors (Lipinski definition) is 3. The zero-order chi connectivity index (χ0) is 9.68. The molecule has 0 saturated carbocycles. The van der Waals surface area contributed by atoms with Gasteiger partial charge in [-0.25, -0.2) is 0 Å². The first-order chi connectivity index (χ1) is 6.27. The second-order valence-electron chi connectivity index (χ2n) is 3.07. The van der Waals surface area contributed by atoms with E-state index in [0.717, 1.165) is 25.1 Å². The normalized spacial score (nSPS) is 13.2. The van der Waals surface area contributed by atoms with Gasteiger partial charge in [0.2, 0.25) is 0 Å². The van der Waals surface area contributed by atoms with Crippen molar-refractivity contribution in [2.75, 3.05) is 6.54 Å². The van der Waals surface area contributed by atoms with Crippen molar-refractivity contribution in [1.82, 2.24) is 0 Å². The lowest BCUT2D eigenvalue weighted by atomic mass is 10.2. The molecule has 0 bridgehead atoms. The number of hydrogen-bond donors (Lipinski definition) is 1. The number of nitrogens with two attached hydrogens (primary N) is 1. The molecule has 1 aromatic rings. The number of furan rings is 1. The van der Waals surface area contributed by atoms with E-state index in [1.54, 1.807) is 6.26 Å². The van der Waals surface area contributed by atoms with Gasteiger partial charge < -0.3 is 10.2 Å². The smallest absolute Gasteiger partial charge is 0.114 e. The van der Waals surface area contributed by atoms with E-state index < -0.39 is 0 Å². The fraction of sp³-hybridized carbons (Fsp3) is 0.600. The lowest BCUT2D eigenvalue weighted by Crippen LogP contribution is -2.09. The summed E-state index contributed by atoms with van der Waals surface area (Å²) in [5.74, 6) is 1.01. The summed E-state index contributed by atoms with van der Waals surface area (Å²) in [6.07, 6.45) is 3.98. The molecule has 1 heterocycles. The molecular weight excluding hydrogens is 182 g/mol. The molecule has 2 nitrogen and oxygen atoms in total. The molecule has 2 N–H and O–H groups in total. The maximum atomic E-state index is 5.54.